The number of anilines is 2. The van der Waals surface area contributed by atoms with Crippen LogP contribution in [0, 0.1) is 6.57 Å². The van der Waals surface area contributed by atoms with E-state index in [1.807, 2.05) is 44.2 Å². The van der Waals surface area contributed by atoms with Crippen molar-refractivity contribution in [2.45, 2.75) is 32.7 Å². The van der Waals surface area contributed by atoms with E-state index in [-0.39, 0.29) is 11.8 Å². The fourth-order valence-corrected chi connectivity index (χ4v) is 4.22. The van der Waals surface area contributed by atoms with Crippen molar-refractivity contribution in [1.82, 2.24) is 14.9 Å². The zero-order valence-electron chi connectivity index (χ0n) is 18.9. The topological polar surface area (TPSA) is 71.7 Å². The molecule has 1 aliphatic heterocycles. The van der Waals surface area contributed by atoms with E-state index in [9.17, 15) is 4.79 Å². The molecular formula is C25H24ClN5O2. The van der Waals surface area contributed by atoms with Crippen molar-refractivity contribution in [3.8, 4) is 5.75 Å². The Morgan fingerprint density at radius 3 is 2.70 bits per heavy atom. The summed E-state index contributed by atoms with van der Waals surface area (Å²) in [6.45, 7) is 12.0. The molecule has 3 aromatic rings. The number of hydrogen-bond acceptors (Lipinski definition) is 5. The number of nitrogens with one attached hydrogen (secondary N) is 1. The normalized spacial score (nSPS) is 12.6. The van der Waals surface area contributed by atoms with Crippen molar-refractivity contribution >= 4 is 34.7 Å². The van der Waals surface area contributed by atoms with Gasteiger partial charge in [0.2, 0.25) is 0 Å². The number of para-hydroxylation sites is 1. The van der Waals surface area contributed by atoms with Crippen LogP contribution in [0.15, 0.2) is 36.4 Å². The molecule has 1 aromatic carbocycles. The van der Waals surface area contributed by atoms with E-state index in [1.165, 1.54) is 0 Å². The Morgan fingerprint density at radius 1 is 1.21 bits per heavy atom. The minimum atomic E-state index is -0.0951. The van der Waals surface area contributed by atoms with Gasteiger partial charge in [0.15, 0.2) is 5.75 Å². The van der Waals surface area contributed by atoms with Crippen LogP contribution in [-0.4, -0.2) is 34.9 Å². The van der Waals surface area contributed by atoms with E-state index in [0.717, 1.165) is 17.0 Å². The van der Waals surface area contributed by atoms with Gasteiger partial charge in [0, 0.05) is 7.05 Å². The summed E-state index contributed by atoms with van der Waals surface area (Å²) in [4.78, 5) is 27.4. The first kappa shape index (κ1) is 22.6. The lowest BCUT2D eigenvalue weighted by molar-refractivity contribution is 0.0817. The second kappa shape index (κ2) is 9.08. The van der Waals surface area contributed by atoms with E-state index in [2.05, 4.69) is 15.1 Å². The van der Waals surface area contributed by atoms with E-state index < -0.39 is 0 Å². The second-order valence-electron chi connectivity index (χ2n) is 8.25. The molecule has 0 unspecified atom stereocenters. The zero-order chi connectivity index (χ0) is 23.7. The molecule has 168 valence electrons. The number of halogens is 1. The van der Waals surface area contributed by atoms with Gasteiger partial charge in [-0.25, -0.2) is 0 Å². The molecule has 1 aliphatic rings. The number of hydrogen-bond donors (Lipinski definition) is 1. The van der Waals surface area contributed by atoms with Crippen molar-refractivity contribution < 1.29 is 9.53 Å². The van der Waals surface area contributed by atoms with Gasteiger partial charge >= 0.3 is 0 Å². The lowest BCUT2D eigenvalue weighted by Crippen LogP contribution is -2.18. The molecule has 0 aliphatic carbocycles. The average molecular weight is 462 g/mol. The molecule has 7 nitrogen and oxygen atoms in total. The molecule has 33 heavy (non-hydrogen) atoms. The number of methoxy groups -OCH3 is 1. The molecule has 3 heterocycles. The van der Waals surface area contributed by atoms with Crippen LogP contribution in [0.1, 0.15) is 52.8 Å². The number of nitrogens with zero attached hydrogens (tertiary/aromatic N) is 4. The Morgan fingerprint density at radius 2 is 2.00 bits per heavy atom. The number of fused-ring (bicyclic) bond motifs is 1. The minimum Gasteiger partial charge on any atom is -0.493 e. The first-order chi connectivity index (χ1) is 15.8. The van der Waals surface area contributed by atoms with E-state index in [4.69, 9.17) is 27.9 Å². The van der Waals surface area contributed by atoms with E-state index in [1.54, 1.807) is 25.1 Å². The van der Waals surface area contributed by atoms with Crippen LogP contribution in [0.4, 0.5) is 17.2 Å². The monoisotopic (exact) mass is 461 g/mol. The Kier molecular flexibility index (Phi) is 6.21. The summed E-state index contributed by atoms with van der Waals surface area (Å²) in [6.07, 6.45) is 0.438. The number of benzene rings is 1. The molecule has 0 saturated heterocycles. The first-order valence-corrected chi connectivity index (χ1v) is 10.9. The molecule has 0 radical (unpaired) electrons. The highest BCUT2D eigenvalue weighted by Gasteiger charge is 2.30. The lowest BCUT2D eigenvalue weighted by Gasteiger charge is -2.15. The molecule has 4 rings (SSSR count). The lowest BCUT2D eigenvalue weighted by atomic mass is 10.0. The number of pyridine rings is 2. The number of aromatic nitrogens is 2. The molecule has 1 N–H and O–H groups in total. The standard InChI is InChI=1S/C25H24ClN5O2/c1-14(2)17-10-9-15(29-24(17)27-3)11-16-12-20(22-21(28-16)13-31(4)25(22)32)30-19-8-6-7-18(26)23(19)33-5/h6-10,12,14H,11,13H2,1-2,4-5H3,(H,28,30). The average Bonchev–Trinajstić information content (AvgIpc) is 3.07. The summed E-state index contributed by atoms with van der Waals surface area (Å²) in [5.41, 5.74) is 4.96. The van der Waals surface area contributed by atoms with Gasteiger partial charge in [-0.3, -0.25) is 9.78 Å². The summed E-state index contributed by atoms with van der Waals surface area (Å²) in [6, 6.07) is 11.1. The van der Waals surface area contributed by atoms with Crippen molar-refractivity contribution in [2.75, 3.05) is 19.5 Å². The summed E-state index contributed by atoms with van der Waals surface area (Å²) >= 11 is 6.28. The number of carbonyl (C=O) groups excluding carboxylic acids is 1. The molecule has 0 atom stereocenters. The van der Waals surface area contributed by atoms with Gasteiger partial charge < -0.3 is 19.8 Å². The highest BCUT2D eigenvalue weighted by atomic mass is 35.5. The maximum absolute atomic E-state index is 12.8. The highest BCUT2D eigenvalue weighted by molar-refractivity contribution is 6.32. The second-order valence-corrected chi connectivity index (χ2v) is 8.66. The Hall–Kier alpha value is -3.63. The van der Waals surface area contributed by atoms with Gasteiger partial charge in [0.25, 0.3) is 11.7 Å². The SMILES string of the molecule is [C-]#[N+]c1nc(Cc2cc(Nc3cccc(Cl)c3OC)c3c(n2)CN(C)C3=O)ccc1C(C)C. The third kappa shape index (κ3) is 4.35. The zero-order valence-corrected chi connectivity index (χ0v) is 19.7. The third-order valence-corrected chi connectivity index (χ3v) is 5.89. The van der Waals surface area contributed by atoms with Crippen molar-refractivity contribution in [2.24, 2.45) is 0 Å². The molecule has 0 saturated carbocycles. The first-order valence-electron chi connectivity index (χ1n) is 10.6. The highest BCUT2D eigenvalue weighted by Crippen LogP contribution is 2.37. The maximum atomic E-state index is 12.8. The molecule has 0 bridgehead atoms. The van der Waals surface area contributed by atoms with Crippen LogP contribution in [0.3, 0.4) is 0 Å². The minimum absolute atomic E-state index is 0.0951. The van der Waals surface area contributed by atoms with Gasteiger partial charge in [-0.05, 0) is 35.7 Å². The van der Waals surface area contributed by atoms with E-state index >= 15 is 0 Å². The quantitative estimate of drug-likeness (QED) is 0.474. The fraction of sp³-hybridized carbons (Fsp3) is 0.280. The molecule has 1 amide bonds. The largest absolute Gasteiger partial charge is 0.493 e. The summed E-state index contributed by atoms with van der Waals surface area (Å²) < 4.78 is 5.45. The van der Waals surface area contributed by atoms with Crippen LogP contribution in [-0.2, 0) is 13.0 Å². The molecule has 2 aromatic heterocycles. The Balaban J connectivity index is 1.75. The summed E-state index contributed by atoms with van der Waals surface area (Å²) in [5.74, 6) is 1.04. The van der Waals surface area contributed by atoms with Crippen molar-refractivity contribution in [1.29, 1.82) is 0 Å². The van der Waals surface area contributed by atoms with Gasteiger partial charge in [-0.1, -0.05) is 44.2 Å². The van der Waals surface area contributed by atoms with Crippen molar-refractivity contribution in [3.63, 3.8) is 0 Å². The molecule has 0 spiro atoms. The predicted molar refractivity (Wildman–Crippen MR) is 129 cm³/mol. The van der Waals surface area contributed by atoms with E-state index in [0.29, 0.717) is 52.2 Å². The van der Waals surface area contributed by atoms with Crippen LogP contribution in [0.2, 0.25) is 5.02 Å². The Bertz CT molecular complexity index is 1280. The number of rotatable bonds is 6. The summed E-state index contributed by atoms with van der Waals surface area (Å²) in [5, 5.41) is 3.79. The Labute approximate surface area is 198 Å². The van der Waals surface area contributed by atoms with Gasteiger partial charge in [0.05, 0.1) is 53.4 Å². The van der Waals surface area contributed by atoms with Gasteiger partial charge in [-0.15, -0.1) is 4.98 Å². The molecular weight excluding hydrogens is 438 g/mol. The number of ether oxygens (including phenoxy) is 1. The smallest absolute Gasteiger partial charge is 0.273 e. The summed E-state index contributed by atoms with van der Waals surface area (Å²) in [7, 11) is 3.30. The molecule has 8 heteroatoms. The third-order valence-electron chi connectivity index (χ3n) is 5.59. The van der Waals surface area contributed by atoms with Crippen LogP contribution >= 0.6 is 11.6 Å². The van der Waals surface area contributed by atoms with Crippen LogP contribution < -0.4 is 10.1 Å². The van der Waals surface area contributed by atoms with Gasteiger partial charge in [0.1, 0.15) is 5.69 Å². The predicted octanol–water partition coefficient (Wildman–Crippen LogP) is 5.73. The van der Waals surface area contributed by atoms with Crippen LogP contribution in [0.5, 0.6) is 5.75 Å². The van der Waals surface area contributed by atoms with Crippen molar-refractivity contribution in [3.05, 3.63) is 81.0 Å². The fourth-order valence-electron chi connectivity index (χ4n) is 3.97. The molecule has 0 fully saturated rings. The van der Waals surface area contributed by atoms with Gasteiger partial charge in [-0.2, -0.15) is 0 Å². The van der Waals surface area contributed by atoms with Crippen LogP contribution in [0.25, 0.3) is 4.85 Å². The number of amides is 1. The number of carbonyl (C=O) groups is 1. The maximum Gasteiger partial charge on any atom is 0.273 e.